The summed E-state index contributed by atoms with van der Waals surface area (Å²) in [4.78, 5) is 4.17. The zero-order chi connectivity index (χ0) is 9.84. The topological polar surface area (TPSA) is 77.0 Å². The Morgan fingerprint density at radius 2 is 2.31 bits per heavy atom. The normalized spacial score (nSPS) is 12.5. The second-order valence-electron chi connectivity index (χ2n) is 3.22. The average Bonchev–Trinajstić information content (AvgIpc) is 2.09. The van der Waals surface area contributed by atoms with Crippen LogP contribution in [0.4, 0.5) is 11.5 Å². The fraction of sp³-hybridized carbons (Fsp3) is 0.444. The molecule has 1 aromatic rings. The number of nitrogen functional groups attached to an aromatic ring is 1. The highest BCUT2D eigenvalue weighted by Gasteiger charge is 2.03. The minimum Gasteiger partial charge on any atom is -0.397 e. The van der Waals surface area contributed by atoms with Gasteiger partial charge in [0.2, 0.25) is 0 Å². The van der Waals surface area contributed by atoms with Crippen LogP contribution in [0.5, 0.6) is 0 Å². The molecule has 0 aliphatic rings. The summed E-state index contributed by atoms with van der Waals surface area (Å²) in [5.74, 6) is 0.854. The second kappa shape index (κ2) is 4.09. The second-order valence-corrected chi connectivity index (χ2v) is 3.22. The third-order valence-electron chi connectivity index (χ3n) is 1.84. The van der Waals surface area contributed by atoms with Crippen molar-refractivity contribution in [3.8, 4) is 0 Å². The first-order valence-corrected chi connectivity index (χ1v) is 4.32. The van der Waals surface area contributed by atoms with Gasteiger partial charge in [-0.25, -0.2) is 4.98 Å². The molecule has 0 aromatic carbocycles. The molecule has 4 heteroatoms. The summed E-state index contributed by atoms with van der Waals surface area (Å²) in [5.41, 5.74) is 12.8. The number of aryl methyl sites for hydroxylation is 1. The van der Waals surface area contributed by atoms with Crippen molar-refractivity contribution in [2.75, 3.05) is 17.6 Å². The highest BCUT2D eigenvalue weighted by atomic mass is 15.0. The molecule has 5 N–H and O–H groups in total. The maximum absolute atomic E-state index is 5.58. The van der Waals surface area contributed by atoms with Gasteiger partial charge in [0.25, 0.3) is 0 Å². The van der Waals surface area contributed by atoms with E-state index in [-0.39, 0.29) is 6.04 Å². The van der Waals surface area contributed by atoms with Crippen molar-refractivity contribution in [3.63, 3.8) is 0 Å². The Bertz CT molecular complexity index is 285. The van der Waals surface area contributed by atoms with Crippen molar-refractivity contribution >= 4 is 11.5 Å². The van der Waals surface area contributed by atoms with Gasteiger partial charge in [-0.3, -0.25) is 0 Å². The molecule has 4 nitrogen and oxygen atoms in total. The van der Waals surface area contributed by atoms with Gasteiger partial charge in [0.1, 0.15) is 5.82 Å². The van der Waals surface area contributed by atoms with E-state index in [1.54, 1.807) is 6.20 Å². The van der Waals surface area contributed by atoms with E-state index in [9.17, 15) is 0 Å². The van der Waals surface area contributed by atoms with Crippen LogP contribution < -0.4 is 16.8 Å². The lowest BCUT2D eigenvalue weighted by molar-refractivity contribution is 0.797. The van der Waals surface area contributed by atoms with Gasteiger partial charge in [-0.1, -0.05) is 0 Å². The Morgan fingerprint density at radius 3 is 2.85 bits per heavy atom. The van der Waals surface area contributed by atoms with E-state index >= 15 is 0 Å². The fourth-order valence-corrected chi connectivity index (χ4v) is 1.04. The molecule has 0 aliphatic heterocycles. The first kappa shape index (κ1) is 9.80. The molecule has 0 fully saturated rings. The SMILES string of the molecule is Cc1cc(N)cnc1NC(C)CN. The Morgan fingerprint density at radius 1 is 1.62 bits per heavy atom. The fourth-order valence-electron chi connectivity index (χ4n) is 1.04. The Balaban J connectivity index is 2.77. The number of pyridine rings is 1. The molecule has 72 valence electrons. The Labute approximate surface area is 78.3 Å². The number of nitrogens with one attached hydrogen (secondary N) is 1. The lowest BCUT2D eigenvalue weighted by Crippen LogP contribution is -2.26. The molecule has 1 heterocycles. The standard InChI is InChI=1S/C9H16N4/c1-6-3-8(11)5-12-9(6)13-7(2)4-10/h3,5,7H,4,10-11H2,1-2H3,(H,12,13). The van der Waals surface area contributed by atoms with Crippen molar-refractivity contribution in [2.24, 2.45) is 5.73 Å². The maximum atomic E-state index is 5.58. The first-order valence-electron chi connectivity index (χ1n) is 4.32. The molecule has 1 aromatic heterocycles. The third-order valence-corrected chi connectivity index (χ3v) is 1.84. The number of anilines is 2. The van der Waals surface area contributed by atoms with E-state index in [0.717, 1.165) is 11.4 Å². The van der Waals surface area contributed by atoms with E-state index in [1.165, 1.54) is 0 Å². The Kier molecular flexibility index (Phi) is 3.08. The summed E-state index contributed by atoms with van der Waals surface area (Å²) in [6.45, 7) is 4.57. The van der Waals surface area contributed by atoms with Crippen molar-refractivity contribution in [3.05, 3.63) is 17.8 Å². The third kappa shape index (κ3) is 2.59. The van der Waals surface area contributed by atoms with Gasteiger partial charge in [-0.2, -0.15) is 0 Å². The minimum atomic E-state index is 0.231. The van der Waals surface area contributed by atoms with Gasteiger partial charge in [0.15, 0.2) is 0 Å². The van der Waals surface area contributed by atoms with Gasteiger partial charge in [-0.05, 0) is 25.5 Å². The number of nitrogens with two attached hydrogens (primary N) is 2. The van der Waals surface area contributed by atoms with Gasteiger partial charge in [-0.15, -0.1) is 0 Å². The predicted molar refractivity (Wildman–Crippen MR) is 55.5 cm³/mol. The molecule has 0 bridgehead atoms. The van der Waals surface area contributed by atoms with E-state index in [2.05, 4.69) is 10.3 Å². The summed E-state index contributed by atoms with van der Waals surface area (Å²) >= 11 is 0. The zero-order valence-corrected chi connectivity index (χ0v) is 8.04. The number of hydrogen-bond donors (Lipinski definition) is 3. The van der Waals surface area contributed by atoms with Gasteiger partial charge < -0.3 is 16.8 Å². The van der Waals surface area contributed by atoms with Crippen LogP contribution >= 0.6 is 0 Å². The molecule has 13 heavy (non-hydrogen) atoms. The van der Waals surface area contributed by atoms with Crippen molar-refractivity contribution in [1.29, 1.82) is 0 Å². The van der Waals surface area contributed by atoms with E-state index < -0.39 is 0 Å². The molecule has 0 radical (unpaired) electrons. The van der Waals surface area contributed by atoms with E-state index in [0.29, 0.717) is 12.2 Å². The zero-order valence-electron chi connectivity index (χ0n) is 8.04. The summed E-state index contributed by atoms with van der Waals surface area (Å²) in [7, 11) is 0. The molecule has 0 spiro atoms. The van der Waals surface area contributed by atoms with E-state index in [1.807, 2.05) is 19.9 Å². The monoisotopic (exact) mass is 180 g/mol. The Hall–Kier alpha value is -1.29. The van der Waals surface area contributed by atoms with Gasteiger partial charge >= 0.3 is 0 Å². The summed E-state index contributed by atoms with van der Waals surface area (Å²) < 4.78 is 0. The minimum absolute atomic E-state index is 0.231. The molecule has 1 unspecified atom stereocenters. The molecule has 0 saturated heterocycles. The van der Waals surface area contributed by atoms with E-state index in [4.69, 9.17) is 11.5 Å². The molecular formula is C9H16N4. The van der Waals surface area contributed by atoms with Crippen LogP contribution in [0.25, 0.3) is 0 Å². The lowest BCUT2D eigenvalue weighted by Gasteiger charge is -2.13. The number of nitrogens with zero attached hydrogens (tertiary/aromatic N) is 1. The average molecular weight is 180 g/mol. The number of aromatic nitrogens is 1. The molecule has 1 atom stereocenters. The number of rotatable bonds is 3. The summed E-state index contributed by atoms with van der Waals surface area (Å²) in [6, 6.07) is 2.12. The van der Waals surface area contributed by atoms with Crippen LogP contribution in [0.15, 0.2) is 12.3 Å². The van der Waals surface area contributed by atoms with Crippen molar-refractivity contribution in [1.82, 2.24) is 4.98 Å². The van der Waals surface area contributed by atoms with Crippen molar-refractivity contribution in [2.45, 2.75) is 19.9 Å². The van der Waals surface area contributed by atoms with Crippen LogP contribution in [0.2, 0.25) is 0 Å². The van der Waals surface area contributed by atoms with Crippen LogP contribution in [0.3, 0.4) is 0 Å². The smallest absolute Gasteiger partial charge is 0.129 e. The van der Waals surface area contributed by atoms with Crippen LogP contribution in [0.1, 0.15) is 12.5 Å². The summed E-state index contributed by atoms with van der Waals surface area (Å²) in [6.07, 6.45) is 1.64. The van der Waals surface area contributed by atoms with Crippen LogP contribution in [0, 0.1) is 6.92 Å². The van der Waals surface area contributed by atoms with Crippen LogP contribution in [-0.2, 0) is 0 Å². The summed E-state index contributed by atoms with van der Waals surface area (Å²) in [5, 5.41) is 3.20. The molecule has 0 amide bonds. The largest absolute Gasteiger partial charge is 0.397 e. The molecule has 1 rings (SSSR count). The lowest BCUT2D eigenvalue weighted by atomic mass is 10.2. The number of hydrogen-bond acceptors (Lipinski definition) is 4. The molecular weight excluding hydrogens is 164 g/mol. The van der Waals surface area contributed by atoms with Crippen molar-refractivity contribution < 1.29 is 0 Å². The maximum Gasteiger partial charge on any atom is 0.129 e. The highest BCUT2D eigenvalue weighted by Crippen LogP contribution is 2.14. The van der Waals surface area contributed by atoms with Gasteiger partial charge in [0.05, 0.1) is 11.9 Å². The van der Waals surface area contributed by atoms with Gasteiger partial charge in [0, 0.05) is 12.6 Å². The molecule has 0 saturated carbocycles. The quantitative estimate of drug-likeness (QED) is 0.641. The van der Waals surface area contributed by atoms with Crippen LogP contribution in [-0.4, -0.2) is 17.6 Å². The highest BCUT2D eigenvalue weighted by molar-refractivity contribution is 5.51. The first-order chi connectivity index (χ1) is 6.13. The predicted octanol–water partition coefficient (Wildman–Crippen LogP) is 0.731. The molecule has 0 aliphatic carbocycles.